The van der Waals surface area contributed by atoms with Gasteiger partial charge in [0.1, 0.15) is 5.82 Å². The average molecular weight is 305 g/mol. The van der Waals surface area contributed by atoms with Crippen LogP contribution in [0.4, 0.5) is 4.39 Å². The number of ketones is 1. The normalized spacial score (nSPS) is 11.3. The first-order chi connectivity index (χ1) is 8.68. The predicted molar refractivity (Wildman–Crippen MR) is 74.1 cm³/mol. The van der Waals surface area contributed by atoms with Gasteiger partial charge in [-0.3, -0.25) is 4.79 Å². The maximum Gasteiger partial charge on any atom is 0.199 e. The molecule has 0 fully saturated rings. The number of hydrogen-bond donors (Lipinski definition) is 0. The van der Waals surface area contributed by atoms with Crippen LogP contribution in [0.3, 0.4) is 0 Å². The molecule has 2 aromatic rings. The van der Waals surface area contributed by atoms with E-state index >= 15 is 0 Å². The summed E-state index contributed by atoms with van der Waals surface area (Å²) in [5.41, 5.74) is 0.950. The molecule has 0 aromatic heterocycles. The van der Waals surface area contributed by atoms with Gasteiger partial charge in [0, 0.05) is 11.1 Å². The molecule has 2 rings (SSSR count). The first-order valence-corrected chi connectivity index (χ1v) is 6.19. The van der Waals surface area contributed by atoms with Crippen LogP contribution in [0, 0.1) is 5.82 Å². The molecule has 0 atom stereocenters. The number of carbonyl (C=O) groups excluding carboxylic acids is 1. The maximum absolute atomic E-state index is 13.4. The summed E-state index contributed by atoms with van der Waals surface area (Å²) < 4.78 is 13.8. The van der Waals surface area contributed by atoms with E-state index in [1.165, 1.54) is 12.1 Å². The maximum atomic E-state index is 13.4. The minimum Gasteiger partial charge on any atom is -0.288 e. The van der Waals surface area contributed by atoms with Crippen molar-refractivity contribution < 1.29 is 9.18 Å². The zero-order valence-corrected chi connectivity index (χ0v) is 11.0. The lowest BCUT2D eigenvalue weighted by Gasteiger charge is -2.00. The summed E-state index contributed by atoms with van der Waals surface area (Å²) in [7, 11) is 0. The Hall–Kier alpha value is -1.74. The van der Waals surface area contributed by atoms with Crippen molar-refractivity contribution in [3.05, 3.63) is 76.0 Å². The van der Waals surface area contributed by atoms with Crippen molar-refractivity contribution >= 4 is 27.8 Å². The summed E-state index contributed by atoms with van der Waals surface area (Å²) >= 11 is 3.20. The van der Waals surface area contributed by atoms with Crippen molar-refractivity contribution in [2.45, 2.75) is 0 Å². The monoisotopic (exact) mass is 304 g/mol. The molecule has 18 heavy (non-hydrogen) atoms. The van der Waals surface area contributed by atoms with E-state index in [4.69, 9.17) is 0 Å². The molecular weight excluding hydrogens is 295 g/mol. The number of Topliss-reactive ketones (excluding diaryl/α,β-unsaturated/α-hetero) is 1. The van der Waals surface area contributed by atoms with Gasteiger partial charge >= 0.3 is 0 Å². The van der Waals surface area contributed by atoms with Gasteiger partial charge in [0.15, 0.2) is 5.78 Å². The second kappa shape index (κ2) is 5.74. The van der Waals surface area contributed by atoms with Gasteiger partial charge in [-0.25, -0.2) is 4.39 Å². The Morgan fingerprint density at radius 3 is 2.28 bits per heavy atom. The molecule has 0 amide bonds. The lowest BCUT2D eigenvalue weighted by molar-refractivity contribution is 0.104. The van der Waals surface area contributed by atoms with Gasteiger partial charge in [0.25, 0.3) is 0 Å². The molecular formula is C15H10BrFO. The van der Waals surface area contributed by atoms with E-state index in [2.05, 4.69) is 15.9 Å². The highest BCUT2D eigenvalue weighted by molar-refractivity contribution is 9.12. The van der Waals surface area contributed by atoms with Crippen molar-refractivity contribution in [1.29, 1.82) is 0 Å². The molecule has 0 aliphatic carbocycles. The summed E-state index contributed by atoms with van der Waals surface area (Å²) in [4.78, 5) is 12.0. The van der Waals surface area contributed by atoms with Crippen molar-refractivity contribution in [1.82, 2.24) is 0 Å². The fourth-order valence-corrected chi connectivity index (χ4v) is 2.00. The standard InChI is InChI=1S/C15H10BrFO/c16-13(10-12-8-4-5-9-14(12)17)15(18)11-6-2-1-3-7-11/h1-10H/b13-10-. The minimum absolute atomic E-state index is 0.168. The molecule has 1 nitrogen and oxygen atoms in total. The summed E-state index contributed by atoms with van der Waals surface area (Å²) in [6.07, 6.45) is 1.49. The van der Waals surface area contributed by atoms with Crippen molar-refractivity contribution in [3.63, 3.8) is 0 Å². The van der Waals surface area contributed by atoms with Gasteiger partial charge in [0.05, 0.1) is 4.48 Å². The third-order valence-corrected chi connectivity index (χ3v) is 3.03. The van der Waals surface area contributed by atoms with E-state index < -0.39 is 0 Å². The van der Waals surface area contributed by atoms with Crippen molar-refractivity contribution in [2.75, 3.05) is 0 Å². The fraction of sp³-hybridized carbons (Fsp3) is 0. The van der Waals surface area contributed by atoms with E-state index in [0.717, 1.165) is 0 Å². The quantitative estimate of drug-likeness (QED) is 0.605. The molecule has 0 saturated heterocycles. The van der Waals surface area contributed by atoms with Gasteiger partial charge < -0.3 is 0 Å². The molecule has 0 N–H and O–H groups in total. The Kier molecular flexibility index (Phi) is 4.05. The summed E-state index contributed by atoms with van der Waals surface area (Å²) in [5.74, 6) is -0.519. The topological polar surface area (TPSA) is 17.1 Å². The molecule has 0 bridgehead atoms. The Morgan fingerprint density at radius 2 is 1.61 bits per heavy atom. The summed E-state index contributed by atoms with van der Waals surface area (Å²) in [6, 6.07) is 15.2. The van der Waals surface area contributed by atoms with E-state index in [-0.39, 0.29) is 11.6 Å². The third-order valence-electron chi connectivity index (χ3n) is 2.44. The zero-order valence-electron chi connectivity index (χ0n) is 9.44. The van der Waals surface area contributed by atoms with Crippen LogP contribution >= 0.6 is 15.9 Å². The first kappa shape index (κ1) is 12.7. The number of rotatable bonds is 3. The fourth-order valence-electron chi connectivity index (χ4n) is 1.52. The molecule has 0 spiro atoms. The molecule has 3 heteroatoms. The Morgan fingerprint density at radius 1 is 1.00 bits per heavy atom. The lowest BCUT2D eigenvalue weighted by atomic mass is 10.1. The van der Waals surface area contributed by atoms with E-state index in [9.17, 15) is 9.18 Å². The number of hydrogen-bond acceptors (Lipinski definition) is 1. The average Bonchev–Trinajstić information content (AvgIpc) is 2.41. The predicted octanol–water partition coefficient (Wildman–Crippen LogP) is 4.44. The minimum atomic E-state index is -0.352. The van der Waals surface area contributed by atoms with E-state index in [1.54, 1.807) is 42.5 Å². The number of allylic oxidation sites excluding steroid dienone is 1. The highest BCUT2D eigenvalue weighted by Crippen LogP contribution is 2.19. The first-order valence-electron chi connectivity index (χ1n) is 5.40. The molecule has 2 aromatic carbocycles. The molecule has 0 radical (unpaired) electrons. The molecule has 0 heterocycles. The van der Waals surface area contributed by atoms with Crippen LogP contribution in [0.1, 0.15) is 15.9 Å². The second-order valence-electron chi connectivity index (χ2n) is 3.71. The lowest BCUT2D eigenvalue weighted by Crippen LogP contribution is -1.98. The molecule has 0 aliphatic rings. The molecule has 0 aliphatic heterocycles. The summed E-state index contributed by atoms with van der Waals surface area (Å²) in [5, 5.41) is 0. The van der Waals surface area contributed by atoms with Crippen LogP contribution in [-0.4, -0.2) is 5.78 Å². The van der Waals surface area contributed by atoms with Gasteiger partial charge in [0.2, 0.25) is 0 Å². The van der Waals surface area contributed by atoms with E-state index in [1.807, 2.05) is 6.07 Å². The van der Waals surface area contributed by atoms with Crippen LogP contribution in [0.2, 0.25) is 0 Å². The van der Waals surface area contributed by atoms with Gasteiger partial charge in [-0.1, -0.05) is 48.5 Å². The van der Waals surface area contributed by atoms with Gasteiger partial charge in [-0.15, -0.1) is 0 Å². The summed E-state index contributed by atoms with van der Waals surface area (Å²) in [6.45, 7) is 0. The third kappa shape index (κ3) is 2.93. The number of halogens is 2. The van der Waals surface area contributed by atoms with Crippen molar-refractivity contribution in [3.8, 4) is 0 Å². The highest BCUT2D eigenvalue weighted by atomic mass is 79.9. The van der Waals surface area contributed by atoms with E-state index in [0.29, 0.717) is 15.6 Å². The Balaban J connectivity index is 2.30. The van der Waals surface area contributed by atoms with Crippen LogP contribution in [0.15, 0.2) is 59.1 Å². The van der Waals surface area contributed by atoms with Crippen LogP contribution < -0.4 is 0 Å². The zero-order chi connectivity index (χ0) is 13.0. The molecule has 0 unspecified atom stereocenters. The number of benzene rings is 2. The number of carbonyl (C=O) groups is 1. The van der Waals surface area contributed by atoms with Gasteiger partial charge in [-0.05, 0) is 28.1 Å². The largest absolute Gasteiger partial charge is 0.288 e. The molecule has 0 saturated carbocycles. The van der Waals surface area contributed by atoms with Crippen LogP contribution in [0.5, 0.6) is 0 Å². The Labute approximate surface area is 113 Å². The molecule has 90 valence electrons. The van der Waals surface area contributed by atoms with Crippen LogP contribution in [-0.2, 0) is 0 Å². The van der Waals surface area contributed by atoms with Crippen LogP contribution in [0.25, 0.3) is 6.08 Å². The SMILES string of the molecule is O=C(/C(Br)=C/c1ccccc1F)c1ccccc1. The Bertz CT molecular complexity index is 590. The smallest absolute Gasteiger partial charge is 0.199 e. The highest BCUT2D eigenvalue weighted by Gasteiger charge is 2.09. The van der Waals surface area contributed by atoms with Crippen molar-refractivity contribution in [2.24, 2.45) is 0 Å². The second-order valence-corrected chi connectivity index (χ2v) is 4.56. The van der Waals surface area contributed by atoms with Gasteiger partial charge in [-0.2, -0.15) is 0 Å².